The van der Waals surface area contributed by atoms with Crippen molar-refractivity contribution >= 4 is 17.1 Å². The van der Waals surface area contributed by atoms with Gasteiger partial charge in [-0.1, -0.05) is 30.3 Å². The van der Waals surface area contributed by atoms with Crippen LogP contribution in [-0.2, 0) is 9.53 Å². The maximum atomic E-state index is 12.4. The number of rotatable bonds is 5. The molecule has 0 amide bonds. The predicted molar refractivity (Wildman–Crippen MR) is 84.8 cm³/mol. The second kappa shape index (κ2) is 6.62. The number of hydrogen-bond donors (Lipinski definition) is 1. The highest BCUT2D eigenvalue weighted by molar-refractivity contribution is 5.87. The highest BCUT2D eigenvalue weighted by Crippen LogP contribution is 2.36. The normalized spacial score (nSPS) is 13.7. The van der Waals surface area contributed by atoms with Crippen molar-refractivity contribution in [1.82, 2.24) is 4.98 Å². The molecule has 1 aromatic carbocycles. The van der Waals surface area contributed by atoms with Crippen LogP contribution in [-0.4, -0.2) is 22.7 Å². The average Bonchev–Trinajstić information content (AvgIpc) is 3.00. The van der Waals surface area contributed by atoms with Crippen molar-refractivity contribution in [3.8, 4) is 0 Å². The Morgan fingerprint density at radius 1 is 1.26 bits per heavy atom. The van der Waals surface area contributed by atoms with Crippen LogP contribution >= 0.6 is 0 Å². The van der Waals surface area contributed by atoms with Gasteiger partial charge in [-0.3, -0.25) is 9.78 Å². The van der Waals surface area contributed by atoms with Gasteiger partial charge in [-0.15, -0.1) is 0 Å². The third-order valence-electron chi connectivity index (χ3n) is 3.69. The van der Waals surface area contributed by atoms with E-state index in [-0.39, 0.29) is 6.61 Å². The van der Waals surface area contributed by atoms with E-state index in [0.717, 1.165) is 0 Å². The number of furan rings is 1. The SMILES string of the molecule is CCOC(=O)C(c1coc2cccnc12)C(O)c1ccccc1. The molecular formula is C18H17NO4. The van der Waals surface area contributed by atoms with Crippen molar-refractivity contribution in [1.29, 1.82) is 0 Å². The van der Waals surface area contributed by atoms with Gasteiger partial charge in [-0.05, 0) is 24.6 Å². The number of benzene rings is 1. The summed E-state index contributed by atoms with van der Waals surface area (Å²) in [6.07, 6.45) is 2.04. The Labute approximate surface area is 133 Å². The lowest BCUT2D eigenvalue weighted by Crippen LogP contribution is -2.22. The maximum Gasteiger partial charge on any atom is 0.316 e. The van der Waals surface area contributed by atoms with Gasteiger partial charge in [-0.2, -0.15) is 0 Å². The quantitative estimate of drug-likeness (QED) is 0.732. The smallest absolute Gasteiger partial charge is 0.316 e. The van der Waals surface area contributed by atoms with Gasteiger partial charge < -0.3 is 14.3 Å². The van der Waals surface area contributed by atoms with Crippen molar-refractivity contribution in [2.45, 2.75) is 18.9 Å². The monoisotopic (exact) mass is 311 g/mol. The number of nitrogens with zero attached hydrogens (tertiary/aromatic N) is 1. The van der Waals surface area contributed by atoms with Crippen molar-refractivity contribution in [2.75, 3.05) is 6.61 Å². The highest BCUT2D eigenvalue weighted by Gasteiger charge is 2.34. The van der Waals surface area contributed by atoms with E-state index in [1.807, 2.05) is 18.2 Å². The standard InChI is InChI=1S/C18H17NO4/c1-2-22-18(21)15(17(20)12-7-4-3-5-8-12)13-11-23-14-9-6-10-19-16(13)14/h3-11,15,17,20H,2H2,1H3. The first-order valence-corrected chi connectivity index (χ1v) is 7.44. The number of aromatic nitrogens is 1. The van der Waals surface area contributed by atoms with E-state index in [2.05, 4.69) is 4.98 Å². The number of esters is 1. The van der Waals surface area contributed by atoms with Crippen LogP contribution in [0.5, 0.6) is 0 Å². The lowest BCUT2D eigenvalue weighted by atomic mass is 9.90. The number of aliphatic hydroxyl groups excluding tert-OH is 1. The van der Waals surface area contributed by atoms with E-state index in [1.165, 1.54) is 6.26 Å². The molecule has 2 unspecified atom stereocenters. The summed E-state index contributed by atoms with van der Waals surface area (Å²) in [4.78, 5) is 16.7. The molecule has 5 nitrogen and oxygen atoms in total. The Morgan fingerprint density at radius 2 is 2.04 bits per heavy atom. The van der Waals surface area contributed by atoms with Gasteiger partial charge in [-0.25, -0.2) is 0 Å². The summed E-state index contributed by atoms with van der Waals surface area (Å²) in [6, 6.07) is 12.5. The van der Waals surface area contributed by atoms with Crippen molar-refractivity contribution in [3.63, 3.8) is 0 Å². The maximum absolute atomic E-state index is 12.4. The number of carbonyl (C=O) groups excluding carboxylic acids is 1. The Morgan fingerprint density at radius 3 is 2.78 bits per heavy atom. The molecule has 0 saturated carbocycles. The summed E-state index contributed by atoms with van der Waals surface area (Å²) in [5.74, 6) is -1.40. The number of aliphatic hydroxyl groups is 1. The summed E-state index contributed by atoms with van der Waals surface area (Å²) in [5.41, 5.74) is 2.28. The Hall–Kier alpha value is -2.66. The molecule has 0 radical (unpaired) electrons. The van der Waals surface area contributed by atoms with Gasteiger partial charge in [0, 0.05) is 11.8 Å². The van der Waals surface area contributed by atoms with Gasteiger partial charge >= 0.3 is 5.97 Å². The zero-order valence-corrected chi connectivity index (χ0v) is 12.7. The van der Waals surface area contributed by atoms with Crippen molar-refractivity contribution in [2.24, 2.45) is 0 Å². The molecule has 0 fully saturated rings. The molecule has 2 aromatic heterocycles. The topological polar surface area (TPSA) is 72.6 Å². The van der Waals surface area contributed by atoms with E-state index in [4.69, 9.17) is 9.15 Å². The molecule has 3 rings (SSSR count). The molecule has 3 aromatic rings. The highest BCUT2D eigenvalue weighted by atomic mass is 16.5. The molecule has 1 N–H and O–H groups in total. The number of carbonyl (C=O) groups is 1. The van der Waals surface area contributed by atoms with Crippen LogP contribution in [0.2, 0.25) is 0 Å². The average molecular weight is 311 g/mol. The summed E-state index contributed by atoms with van der Waals surface area (Å²) >= 11 is 0. The molecule has 0 saturated heterocycles. The molecule has 0 aliphatic heterocycles. The van der Waals surface area contributed by atoms with E-state index in [9.17, 15) is 9.90 Å². The third-order valence-corrected chi connectivity index (χ3v) is 3.69. The third kappa shape index (κ3) is 2.96. The summed E-state index contributed by atoms with van der Waals surface area (Å²) in [5, 5.41) is 10.7. The molecule has 23 heavy (non-hydrogen) atoms. The predicted octanol–water partition coefficient (Wildman–Crippen LogP) is 3.21. The molecule has 0 aliphatic rings. The number of fused-ring (bicyclic) bond motifs is 1. The van der Waals surface area contributed by atoms with Gasteiger partial charge in [0.2, 0.25) is 0 Å². The molecule has 2 atom stereocenters. The molecule has 0 bridgehead atoms. The van der Waals surface area contributed by atoms with Crippen LogP contribution in [0.3, 0.4) is 0 Å². The summed E-state index contributed by atoms with van der Waals surface area (Å²) in [7, 11) is 0. The van der Waals surface area contributed by atoms with Gasteiger partial charge in [0.1, 0.15) is 11.4 Å². The van der Waals surface area contributed by atoms with Crippen LogP contribution in [0.15, 0.2) is 59.3 Å². The molecular weight excluding hydrogens is 294 g/mol. The van der Waals surface area contributed by atoms with Crippen LogP contribution in [0.4, 0.5) is 0 Å². The minimum absolute atomic E-state index is 0.236. The second-order valence-electron chi connectivity index (χ2n) is 5.13. The fraction of sp³-hybridized carbons (Fsp3) is 0.222. The molecule has 0 spiro atoms. The first kappa shape index (κ1) is 15.2. The second-order valence-corrected chi connectivity index (χ2v) is 5.13. The largest absolute Gasteiger partial charge is 0.465 e. The van der Waals surface area contributed by atoms with E-state index < -0.39 is 18.0 Å². The zero-order valence-electron chi connectivity index (χ0n) is 12.7. The first-order chi connectivity index (χ1) is 11.2. The molecule has 118 valence electrons. The number of ether oxygens (including phenoxy) is 1. The lowest BCUT2D eigenvalue weighted by Gasteiger charge is -2.20. The van der Waals surface area contributed by atoms with Gasteiger partial charge in [0.25, 0.3) is 0 Å². The molecule has 0 aliphatic carbocycles. The fourth-order valence-electron chi connectivity index (χ4n) is 2.61. The van der Waals surface area contributed by atoms with Crippen molar-refractivity contribution in [3.05, 3.63) is 66.1 Å². The van der Waals surface area contributed by atoms with Gasteiger partial charge in [0.15, 0.2) is 5.58 Å². The Kier molecular flexibility index (Phi) is 4.39. The van der Waals surface area contributed by atoms with E-state index in [1.54, 1.807) is 37.4 Å². The van der Waals surface area contributed by atoms with Crippen LogP contribution < -0.4 is 0 Å². The Balaban J connectivity index is 2.07. The number of hydrogen-bond acceptors (Lipinski definition) is 5. The van der Waals surface area contributed by atoms with Gasteiger partial charge in [0.05, 0.1) is 19.0 Å². The number of pyridine rings is 1. The zero-order chi connectivity index (χ0) is 16.2. The van der Waals surface area contributed by atoms with Crippen LogP contribution in [0, 0.1) is 0 Å². The Bertz CT molecular complexity index is 797. The fourth-order valence-corrected chi connectivity index (χ4v) is 2.61. The van der Waals surface area contributed by atoms with Crippen LogP contribution in [0.1, 0.15) is 30.1 Å². The minimum atomic E-state index is -1.04. The van der Waals surface area contributed by atoms with Crippen molar-refractivity contribution < 1.29 is 19.1 Å². The lowest BCUT2D eigenvalue weighted by molar-refractivity contribution is -0.148. The molecule has 2 heterocycles. The first-order valence-electron chi connectivity index (χ1n) is 7.44. The van der Waals surface area contributed by atoms with E-state index >= 15 is 0 Å². The summed E-state index contributed by atoms with van der Waals surface area (Å²) in [6.45, 7) is 1.97. The minimum Gasteiger partial charge on any atom is -0.465 e. The molecule has 5 heteroatoms. The van der Waals surface area contributed by atoms with Crippen LogP contribution in [0.25, 0.3) is 11.1 Å². The van der Waals surface area contributed by atoms with E-state index in [0.29, 0.717) is 22.2 Å². The summed E-state index contributed by atoms with van der Waals surface area (Å²) < 4.78 is 10.6.